The highest BCUT2D eigenvalue weighted by atomic mass is 32.2. The molecule has 5 nitrogen and oxygen atoms in total. The molecule has 0 spiro atoms. The molecule has 0 aliphatic rings. The molecule has 0 radical (unpaired) electrons. The summed E-state index contributed by atoms with van der Waals surface area (Å²) in [5, 5.41) is 7.30. The van der Waals surface area contributed by atoms with Crippen molar-refractivity contribution in [3.8, 4) is 5.75 Å². The van der Waals surface area contributed by atoms with Crippen LogP contribution in [0.1, 0.15) is 5.01 Å². The Bertz CT molecular complexity index is 644. The zero-order valence-electron chi connectivity index (χ0n) is 11.2. The molecule has 0 unspecified atom stereocenters. The Balaban J connectivity index is 1.86. The predicted molar refractivity (Wildman–Crippen MR) is 77.3 cm³/mol. The van der Waals surface area contributed by atoms with Crippen molar-refractivity contribution in [1.82, 2.24) is 10.2 Å². The van der Waals surface area contributed by atoms with E-state index in [2.05, 4.69) is 15.5 Å². The molecule has 0 aliphatic heterocycles. The lowest BCUT2D eigenvalue weighted by Gasteiger charge is -2.03. The fourth-order valence-electron chi connectivity index (χ4n) is 1.36. The van der Waals surface area contributed by atoms with Crippen LogP contribution in [0.15, 0.2) is 29.2 Å². The number of methoxy groups -OCH3 is 1. The molecule has 2 aromatic rings. The molecular weight excluding hydrogens is 339 g/mol. The molecule has 2 rings (SSSR count). The number of amides is 1. The second-order valence-corrected chi connectivity index (χ2v) is 5.95. The summed E-state index contributed by atoms with van der Waals surface area (Å²) >= 11 is 1.54. The first-order valence-electron chi connectivity index (χ1n) is 5.86. The Labute approximate surface area is 131 Å². The first-order valence-corrected chi connectivity index (χ1v) is 7.66. The van der Waals surface area contributed by atoms with Gasteiger partial charge in [0.2, 0.25) is 16.0 Å². The van der Waals surface area contributed by atoms with E-state index >= 15 is 0 Å². The molecule has 0 atom stereocenters. The van der Waals surface area contributed by atoms with Gasteiger partial charge >= 0.3 is 6.18 Å². The molecule has 0 fully saturated rings. The van der Waals surface area contributed by atoms with Crippen LogP contribution < -0.4 is 10.1 Å². The molecule has 0 aliphatic carbocycles. The number of aromatic nitrogens is 2. The minimum Gasteiger partial charge on any atom is -0.497 e. The van der Waals surface area contributed by atoms with E-state index in [-0.39, 0.29) is 22.2 Å². The third kappa shape index (κ3) is 4.60. The molecule has 118 valence electrons. The van der Waals surface area contributed by atoms with Gasteiger partial charge in [-0.15, -0.1) is 22.0 Å². The van der Waals surface area contributed by atoms with E-state index < -0.39 is 17.1 Å². The first-order chi connectivity index (χ1) is 10.4. The largest absolute Gasteiger partial charge is 0.497 e. The Morgan fingerprint density at radius 1 is 1.32 bits per heavy atom. The quantitative estimate of drug-likeness (QED) is 0.839. The number of anilines is 1. The van der Waals surface area contributed by atoms with E-state index in [1.54, 1.807) is 31.4 Å². The standard InChI is InChI=1S/C12H10F3N3O2S2/c1-20-7-2-4-8(5-3-7)21-6-9(19)16-11-18-17-10(22-11)12(13,14)15/h2-5H,6H2,1H3,(H,16,18,19). The summed E-state index contributed by atoms with van der Waals surface area (Å²) < 4.78 is 42.1. The second-order valence-electron chi connectivity index (χ2n) is 3.92. The lowest BCUT2D eigenvalue weighted by atomic mass is 10.3. The number of rotatable bonds is 5. The number of halogens is 3. The number of carbonyl (C=O) groups excluding carboxylic acids is 1. The number of benzene rings is 1. The van der Waals surface area contributed by atoms with E-state index in [1.165, 1.54) is 11.8 Å². The van der Waals surface area contributed by atoms with Gasteiger partial charge in [-0.25, -0.2) is 0 Å². The van der Waals surface area contributed by atoms with E-state index in [9.17, 15) is 18.0 Å². The summed E-state index contributed by atoms with van der Waals surface area (Å²) in [6.45, 7) is 0. The fraction of sp³-hybridized carbons (Fsp3) is 0.250. The maximum atomic E-state index is 12.4. The third-order valence-corrected chi connectivity index (χ3v) is 4.24. The summed E-state index contributed by atoms with van der Waals surface area (Å²) in [6, 6.07) is 7.06. The van der Waals surface area contributed by atoms with Crippen molar-refractivity contribution in [2.45, 2.75) is 11.1 Å². The van der Waals surface area contributed by atoms with Crippen LogP contribution in [0.2, 0.25) is 0 Å². The Morgan fingerprint density at radius 2 is 2.00 bits per heavy atom. The Kier molecular flexibility index (Phi) is 5.24. The molecule has 1 aromatic carbocycles. The van der Waals surface area contributed by atoms with Crippen LogP contribution in [0.5, 0.6) is 5.75 Å². The lowest BCUT2D eigenvalue weighted by molar-refractivity contribution is -0.138. The number of carbonyl (C=O) groups is 1. The molecule has 1 amide bonds. The zero-order valence-corrected chi connectivity index (χ0v) is 12.8. The topological polar surface area (TPSA) is 64.1 Å². The minimum absolute atomic E-state index is 0.0489. The number of nitrogens with zero attached hydrogens (tertiary/aromatic N) is 2. The molecule has 0 saturated carbocycles. The highest BCUT2D eigenvalue weighted by molar-refractivity contribution is 8.00. The van der Waals surface area contributed by atoms with Crippen molar-refractivity contribution < 1.29 is 22.7 Å². The minimum atomic E-state index is -4.56. The Hall–Kier alpha value is -1.81. The van der Waals surface area contributed by atoms with E-state index in [0.29, 0.717) is 5.75 Å². The summed E-state index contributed by atoms with van der Waals surface area (Å²) in [6.07, 6.45) is -4.56. The molecule has 1 aromatic heterocycles. The first kappa shape index (κ1) is 16.6. The molecule has 1 N–H and O–H groups in total. The third-order valence-electron chi connectivity index (χ3n) is 2.34. The lowest BCUT2D eigenvalue weighted by Crippen LogP contribution is -2.13. The van der Waals surface area contributed by atoms with Gasteiger partial charge in [-0.1, -0.05) is 11.3 Å². The van der Waals surface area contributed by atoms with Gasteiger partial charge in [-0.05, 0) is 24.3 Å². The smallest absolute Gasteiger partial charge is 0.445 e. The Morgan fingerprint density at radius 3 is 2.55 bits per heavy atom. The van der Waals surface area contributed by atoms with E-state index in [1.807, 2.05) is 0 Å². The fourth-order valence-corrected chi connectivity index (χ4v) is 2.69. The molecule has 10 heteroatoms. The predicted octanol–water partition coefficient (Wildman–Crippen LogP) is 3.30. The molecule has 22 heavy (non-hydrogen) atoms. The van der Waals surface area contributed by atoms with E-state index in [0.717, 1.165) is 4.90 Å². The summed E-state index contributed by atoms with van der Waals surface area (Å²) in [5.41, 5.74) is 0. The monoisotopic (exact) mass is 349 g/mol. The second kappa shape index (κ2) is 6.97. The van der Waals surface area contributed by atoms with Crippen LogP contribution in [0.4, 0.5) is 18.3 Å². The number of thioether (sulfide) groups is 1. The number of hydrogen-bond acceptors (Lipinski definition) is 6. The number of nitrogens with one attached hydrogen (secondary N) is 1. The summed E-state index contributed by atoms with van der Waals surface area (Å²) in [5.74, 6) is 0.292. The molecule has 1 heterocycles. The average Bonchev–Trinajstić information content (AvgIpc) is 2.94. The van der Waals surface area contributed by atoms with Crippen LogP contribution in [0.3, 0.4) is 0 Å². The van der Waals surface area contributed by atoms with Crippen LogP contribution in [-0.2, 0) is 11.0 Å². The maximum absolute atomic E-state index is 12.4. The van der Waals surface area contributed by atoms with Gasteiger partial charge in [0.1, 0.15) is 5.75 Å². The van der Waals surface area contributed by atoms with Crippen molar-refractivity contribution in [3.63, 3.8) is 0 Å². The molecular formula is C12H10F3N3O2S2. The molecule has 0 bridgehead atoms. The SMILES string of the molecule is COc1ccc(SCC(=O)Nc2nnc(C(F)(F)F)s2)cc1. The van der Waals surface area contributed by atoms with Crippen molar-refractivity contribution in [1.29, 1.82) is 0 Å². The van der Waals surface area contributed by atoms with Crippen LogP contribution in [0.25, 0.3) is 0 Å². The highest BCUT2D eigenvalue weighted by Gasteiger charge is 2.35. The zero-order chi connectivity index (χ0) is 16.2. The average molecular weight is 349 g/mol. The van der Waals surface area contributed by atoms with Gasteiger partial charge in [0, 0.05) is 4.90 Å². The highest BCUT2D eigenvalue weighted by Crippen LogP contribution is 2.33. The van der Waals surface area contributed by atoms with Crippen molar-refractivity contribution in [2.75, 3.05) is 18.2 Å². The molecule has 0 saturated heterocycles. The van der Waals surface area contributed by atoms with Gasteiger partial charge in [-0.2, -0.15) is 13.2 Å². The van der Waals surface area contributed by atoms with Crippen molar-refractivity contribution >= 4 is 34.1 Å². The van der Waals surface area contributed by atoms with Gasteiger partial charge in [-0.3, -0.25) is 10.1 Å². The summed E-state index contributed by atoms with van der Waals surface area (Å²) in [4.78, 5) is 12.5. The number of alkyl halides is 3. The van der Waals surface area contributed by atoms with Gasteiger partial charge in [0.15, 0.2) is 0 Å². The number of hydrogen-bond donors (Lipinski definition) is 1. The van der Waals surface area contributed by atoms with Gasteiger partial charge < -0.3 is 4.74 Å². The van der Waals surface area contributed by atoms with Crippen molar-refractivity contribution in [3.05, 3.63) is 29.3 Å². The van der Waals surface area contributed by atoms with Gasteiger partial charge in [0.05, 0.1) is 12.9 Å². The van der Waals surface area contributed by atoms with Gasteiger partial charge in [0.25, 0.3) is 0 Å². The van der Waals surface area contributed by atoms with E-state index in [4.69, 9.17) is 4.74 Å². The van der Waals surface area contributed by atoms with Crippen LogP contribution in [-0.4, -0.2) is 29.0 Å². The normalized spacial score (nSPS) is 11.3. The number of ether oxygens (including phenoxy) is 1. The van der Waals surface area contributed by atoms with Crippen molar-refractivity contribution in [2.24, 2.45) is 0 Å². The van der Waals surface area contributed by atoms with Crippen LogP contribution >= 0.6 is 23.1 Å². The van der Waals surface area contributed by atoms with Crippen LogP contribution in [0, 0.1) is 0 Å². The summed E-state index contributed by atoms with van der Waals surface area (Å²) in [7, 11) is 1.55. The maximum Gasteiger partial charge on any atom is 0.445 e.